The third-order valence-electron chi connectivity index (χ3n) is 25.4. The number of hydrogen-bond donors (Lipinski definition) is 6. The smallest absolute Gasteiger partial charge is 0.338 e. The largest absolute Gasteiger partial charge is 0.459 e. The Balaban J connectivity index is 0.000000165. The van der Waals surface area contributed by atoms with Crippen molar-refractivity contribution >= 4 is 40.1 Å². The SMILES string of the molecule is CCCCCC1CCC(C2CCC(c3ccc(Oc4ccc(N)cc4N)cc3)CC2)CC1.CCCCCCCC1CCC(C2CCC(C3CCC(OC(=O)c4cc(N)cc(N)c4)CC3)CC2)CC1.CCCCCCCC1CCC(c2ccc(-c3ccc(Oc4cc(N)cc(N)c4)cc3)cc2)CC1. The zero-order valence-corrected chi connectivity index (χ0v) is 63.4. The lowest BCUT2D eigenvalue weighted by molar-refractivity contribution is 0.00997. The Morgan fingerprint density at radius 1 is 0.324 bits per heavy atom. The van der Waals surface area contributed by atoms with E-state index in [9.17, 15) is 4.79 Å². The molecule has 6 fully saturated rings. The summed E-state index contributed by atoms with van der Waals surface area (Å²) in [6, 6.07) is 41.7. The minimum atomic E-state index is -0.288. The van der Waals surface area contributed by atoms with Crippen LogP contribution in [0.3, 0.4) is 0 Å². The molecule has 10 heteroatoms. The van der Waals surface area contributed by atoms with E-state index in [4.69, 9.17) is 48.6 Å². The molecule has 0 amide bonds. The van der Waals surface area contributed by atoms with E-state index in [2.05, 4.69) is 81.4 Å². The van der Waals surface area contributed by atoms with Gasteiger partial charge < -0.3 is 48.6 Å². The number of benzene rings is 6. The molecule has 6 aliphatic rings. The van der Waals surface area contributed by atoms with E-state index in [1.165, 1.54) is 266 Å². The Kier molecular flexibility index (Phi) is 31.3. The van der Waals surface area contributed by atoms with Gasteiger partial charge in [-0.05, 0) is 282 Å². The number of hydrogen-bond acceptors (Lipinski definition) is 10. The quantitative estimate of drug-likeness (QED) is 0.0156. The van der Waals surface area contributed by atoms with Gasteiger partial charge in [0.1, 0.15) is 29.1 Å². The average molecular weight is 1390 g/mol. The molecule has 10 nitrogen and oxygen atoms in total. The maximum Gasteiger partial charge on any atom is 0.338 e. The summed E-state index contributed by atoms with van der Waals surface area (Å²) in [6.45, 7) is 6.91. The molecule has 0 unspecified atom stereocenters. The van der Waals surface area contributed by atoms with E-state index in [0.717, 1.165) is 83.5 Å². The normalized spacial score (nSPS) is 25.2. The van der Waals surface area contributed by atoms with Gasteiger partial charge in [-0.3, -0.25) is 0 Å². The molecule has 0 radical (unpaired) electrons. The highest BCUT2D eigenvalue weighted by Crippen LogP contribution is 2.48. The number of carbonyl (C=O) groups excluding carboxylic acids is 1. The van der Waals surface area contributed by atoms with Crippen molar-refractivity contribution < 1.29 is 19.0 Å². The van der Waals surface area contributed by atoms with Crippen molar-refractivity contribution in [3.63, 3.8) is 0 Å². The van der Waals surface area contributed by atoms with Gasteiger partial charge in [-0.2, -0.15) is 0 Å². The van der Waals surface area contributed by atoms with Gasteiger partial charge in [0.2, 0.25) is 0 Å². The molecule has 0 aliphatic heterocycles. The van der Waals surface area contributed by atoms with Crippen LogP contribution in [0.2, 0.25) is 0 Å². The summed E-state index contributed by atoms with van der Waals surface area (Å²) >= 11 is 0. The molecule has 6 aliphatic carbocycles. The first-order chi connectivity index (χ1) is 49.7. The summed E-state index contributed by atoms with van der Waals surface area (Å²) in [4.78, 5) is 12.6. The summed E-state index contributed by atoms with van der Waals surface area (Å²) in [5.41, 5.74) is 44.5. The van der Waals surface area contributed by atoms with Gasteiger partial charge in [0, 0.05) is 40.6 Å². The van der Waals surface area contributed by atoms with Gasteiger partial charge >= 0.3 is 5.97 Å². The molecule has 556 valence electrons. The summed E-state index contributed by atoms with van der Waals surface area (Å²) in [5.74, 6) is 12.8. The number of carbonyl (C=O) groups is 1. The second-order valence-electron chi connectivity index (χ2n) is 32.9. The molecule has 0 aromatic heterocycles. The monoisotopic (exact) mass is 1390 g/mol. The third-order valence-corrected chi connectivity index (χ3v) is 25.4. The lowest BCUT2D eigenvalue weighted by Gasteiger charge is -2.41. The van der Waals surface area contributed by atoms with Crippen LogP contribution in [0.1, 0.15) is 311 Å². The van der Waals surface area contributed by atoms with Crippen LogP contribution in [0, 0.1) is 53.3 Å². The molecule has 12 rings (SSSR count). The van der Waals surface area contributed by atoms with E-state index in [1.807, 2.05) is 24.3 Å². The van der Waals surface area contributed by atoms with Crippen molar-refractivity contribution in [2.45, 2.75) is 296 Å². The highest BCUT2D eigenvalue weighted by atomic mass is 16.5. The first kappa shape index (κ1) is 77.8. The fraction of sp³-hybridized carbons (Fsp3) is 0.598. The number of esters is 1. The van der Waals surface area contributed by atoms with E-state index in [1.54, 1.807) is 42.5 Å². The Morgan fingerprint density at radius 3 is 1.12 bits per heavy atom. The molecule has 6 aromatic carbocycles. The van der Waals surface area contributed by atoms with E-state index >= 15 is 0 Å². The highest BCUT2D eigenvalue weighted by molar-refractivity contribution is 5.92. The van der Waals surface area contributed by atoms with Crippen molar-refractivity contribution in [1.29, 1.82) is 0 Å². The van der Waals surface area contributed by atoms with Crippen LogP contribution < -0.4 is 43.9 Å². The van der Waals surface area contributed by atoms with Crippen molar-refractivity contribution in [3.05, 3.63) is 144 Å². The van der Waals surface area contributed by atoms with Crippen LogP contribution in [0.4, 0.5) is 34.1 Å². The number of rotatable bonds is 28. The molecular weight excluding hydrogens is 1250 g/mol. The maximum atomic E-state index is 12.6. The Labute approximate surface area is 617 Å². The summed E-state index contributed by atoms with van der Waals surface area (Å²) in [6.07, 6.45) is 56.0. The van der Waals surface area contributed by atoms with Crippen molar-refractivity contribution in [1.82, 2.24) is 0 Å². The molecule has 102 heavy (non-hydrogen) atoms. The van der Waals surface area contributed by atoms with Gasteiger partial charge in [-0.1, -0.05) is 198 Å². The molecule has 6 saturated carbocycles. The zero-order valence-electron chi connectivity index (χ0n) is 63.4. The average Bonchev–Trinajstić information content (AvgIpc) is 0.865. The number of nitrogens with two attached hydrogens (primary N) is 6. The minimum Gasteiger partial charge on any atom is -0.459 e. The molecule has 0 atom stereocenters. The van der Waals surface area contributed by atoms with Crippen LogP contribution in [0.15, 0.2) is 127 Å². The molecule has 0 saturated heterocycles. The molecule has 6 aromatic rings. The second kappa shape index (κ2) is 41.0. The van der Waals surface area contributed by atoms with Crippen LogP contribution in [0.5, 0.6) is 23.0 Å². The molecule has 0 heterocycles. The lowest BCUT2D eigenvalue weighted by Crippen LogP contribution is -2.31. The lowest BCUT2D eigenvalue weighted by atomic mass is 9.65. The van der Waals surface area contributed by atoms with E-state index < -0.39 is 0 Å². The predicted molar refractivity (Wildman–Crippen MR) is 432 cm³/mol. The Morgan fingerprint density at radius 2 is 0.667 bits per heavy atom. The van der Waals surface area contributed by atoms with Crippen LogP contribution in [-0.4, -0.2) is 12.1 Å². The molecular formula is C92H134N6O4. The van der Waals surface area contributed by atoms with Crippen molar-refractivity contribution in [2.24, 2.45) is 53.3 Å². The topological polar surface area (TPSA) is 201 Å². The van der Waals surface area contributed by atoms with Gasteiger partial charge in [0.05, 0.1) is 11.3 Å². The number of ether oxygens (including phenoxy) is 3. The number of anilines is 6. The summed E-state index contributed by atoms with van der Waals surface area (Å²) in [7, 11) is 0. The fourth-order valence-electron chi connectivity index (χ4n) is 19.2. The van der Waals surface area contributed by atoms with Gasteiger partial charge in [-0.25, -0.2) is 4.79 Å². The standard InChI is InChI=1S/C32H52N2O2.C31H40N2O.C29H42N2O/c1-2-3-4-5-6-7-23-8-10-24(11-9-23)25-12-14-26(15-13-25)27-16-18-31(19-17-27)36-32(35)28-20-29(33)22-30(34)21-28;1-2-3-4-5-6-7-23-8-10-24(11-9-23)25-12-14-26(15-13-25)27-16-18-30(19-17-27)34-31-21-28(32)20-29(33)22-31;1-2-3-4-5-21-6-8-22(9-7-21)23-10-12-24(13-11-23)25-14-17-27(18-15-25)32-29-19-16-26(30)20-28(29)31/h20-27,31H,2-19,33-34H2,1H3;12-24H,2-11,32-33H2,1H3;14-24H,2-13,30-31H2,1H3. The summed E-state index contributed by atoms with van der Waals surface area (Å²) < 4.78 is 17.7. The van der Waals surface area contributed by atoms with E-state index in [0.29, 0.717) is 57.1 Å². The molecule has 12 N–H and O–H groups in total. The van der Waals surface area contributed by atoms with Crippen molar-refractivity contribution in [2.75, 3.05) is 34.4 Å². The first-order valence-corrected chi connectivity index (χ1v) is 41.6. The fourth-order valence-corrected chi connectivity index (χ4v) is 19.2. The van der Waals surface area contributed by atoms with Crippen LogP contribution in [-0.2, 0) is 4.74 Å². The van der Waals surface area contributed by atoms with Gasteiger partial charge in [0.15, 0.2) is 0 Å². The predicted octanol–water partition coefficient (Wildman–Crippen LogP) is 25.8. The summed E-state index contributed by atoms with van der Waals surface area (Å²) in [5, 5.41) is 0. The Bertz CT molecular complexity index is 3320. The molecule has 0 spiro atoms. The second-order valence-corrected chi connectivity index (χ2v) is 32.9. The Hall–Kier alpha value is -6.81. The van der Waals surface area contributed by atoms with Crippen LogP contribution in [0.25, 0.3) is 11.1 Å². The third kappa shape index (κ3) is 24.7. The van der Waals surface area contributed by atoms with Gasteiger partial charge in [0.25, 0.3) is 0 Å². The van der Waals surface area contributed by atoms with Crippen molar-refractivity contribution in [3.8, 4) is 34.1 Å². The van der Waals surface area contributed by atoms with Gasteiger partial charge in [-0.15, -0.1) is 0 Å². The number of nitrogen functional groups attached to an aromatic ring is 6. The van der Waals surface area contributed by atoms with Crippen LogP contribution >= 0.6 is 0 Å². The van der Waals surface area contributed by atoms with E-state index in [-0.39, 0.29) is 12.1 Å². The minimum absolute atomic E-state index is 0.0366. The zero-order chi connectivity index (χ0) is 71.4. The number of unbranched alkanes of at least 4 members (excludes halogenated alkanes) is 10. The highest BCUT2D eigenvalue weighted by Gasteiger charge is 2.36. The molecule has 0 bridgehead atoms. The first-order valence-electron chi connectivity index (χ1n) is 41.6. The maximum absolute atomic E-state index is 12.6.